The van der Waals surface area contributed by atoms with Crippen molar-refractivity contribution in [3.63, 3.8) is 0 Å². The summed E-state index contributed by atoms with van der Waals surface area (Å²) in [5.74, 6) is 1.15. The van der Waals surface area contributed by atoms with Crippen molar-refractivity contribution in [2.45, 2.75) is 20.0 Å². The largest absolute Gasteiger partial charge is 0.355 e. The Morgan fingerprint density at radius 1 is 1.37 bits per heavy atom. The molecule has 0 atom stereocenters. The van der Waals surface area contributed by atoms with Crippen molar-refractivity contribution < 1.29 is 0 Å². The molecule has 1 N–H and O–H groups in total. The minimum absolute atomic E-state index is 0.823. The summed E-state index contributed by atoms with van der Waals surface area (Å²) in [5, 5.41) is 11.9. The van der Waals surface area contributed by atoms with E-state index in [0.717, 1.165) is 24.6 Å². The molecule has 0 spiro atoms. The molecule has 0 aliphatic carbocycles. The van der Waals surface area contributed by atoms with E-state index in [1.165, 1.54) is 11.1 Å². The molecular weight excluding hydrogens is 240 g/mol. The number of nitrogens with zero attached hydrogens (tertiary/aromatic N) is 5. The second kappa shape index (κ2) is 5.44. The number of aryl methyl sites for hydroxylation is 3. The Hall–Kier alpha value is -1.82. The number of rotatable bonds is 5. The Bertz CT molecular complexity index is 553. The minimum Gasteiger partial charge on any atom is -0.355 e. The zero-order chi connectivity index (χ0) is 14.0. The molecular formula is C13H22N6. The van der Waals surface area contributed by atoms with Gasteiger partial charge in [0.1, 0.15) is 5.82 Å². The lowest BCUT2D eigenvalue weighted by atomic mass is 10.2. The van der Waals surface area contributed by atoms with Gasteiger partial charge in [-0.3, -0.25) is 9.36 Å². The van der Waals surface area contributed by atoms with Crippen molar-refractivity contribution in [2.75, 3.05) is 19.0 Å². The second-order valence-corrected chi connectivity index (χ2v) is 4.92. The molecule has 2 rings (SSSR count). The van der Waals surface area contributed by atoms with Crippen LogP contribution in [0.1, 0.15) is 16.8 Å². The number of nitrogens with one attached hydrogen (secondary N) is 1. The first-order valence-electron chi connectivity index (χ1n) is 6.38. The lowest BCUT2D eigenvalue weighted by molar-refractivity contribution is 0.722. The Kier molecular flexibility index (Phi) is 3.90. The summed E-state index contributed by atoms with van der Waals surface area (Å²) in [6.45, 7) is 3.70. The van der Waals surface area contributed by atoms with E-state index in [4.69, 9.17) is 0 Å². The van der Waals surface area contributed by atoms with Crippen molar-refractivity contribution in [2.24, 2.45) is 14.1 Å². The van der Waals surface area contributed by atoms with Gasteiger partial charge in [0.15, 0.2) is 0 Å². The molecule has 0 saturated heterocycles. The maximum Gasteiger partial charge on any atom is 0.131 e. The third kappa shape index (κ3) is 2.78. The van der Waals surface area contributed by atoms with Gasteiger partial charge in [0, 0.05) is 51.6 Å². The molecule has 0 radical (unpaired) electrons. The first-order chi connectivity index (χ1) is 9.02. The highest BCUT2D eigenvalue weighted by atomic mass is 15.4. The smallest absolute Gasteiger partial charge is 0.131 e. The van der Waals surface area contributed by atoms with E-state index in [-0.39, 0.29) is 0 Å². The van der Waals surface area contributed by atoms with Crippen LogP contribution in [0, 0.1) is 6.92 Å². The van der Waals surface area contributed by atoms with Gasteiger partial charge >= 0.3 is 0 Å². The molecule has 0 aromatic carbocycles. The number of anilines is 1. The zero-order valence-electron chi connectivity index (χ0n) is 12.3. The van der Waals surface area contributed by atoms with Crippen molar-refractivity contribution in [1.29, 1.82) is 0 Å². The predicted molar refractivity (Wildman–Crippen MR) is 76.0 cm³/mol. The first kappa shape index (κ1) is 13.6. The van der Waals surface area contributed by atoms with Crippen LogP contribution in [0.3, 0.4) is 0 Å². The Morgan fingerprint density at radius 2 is 2.11 bits per heavy atom. The van der Waals surface area contributed by atoms with Crippen molar-refractivity contribution in [1.82, 2.24) is 24.9 Å². The Labute approximate surface area is 114 Å². The van der Waals surface area contributed by atoms with Gasteiger partial charge in [0.25, 0.3) is 0 Å². The Morgan fingerprint density at radius 3 is 2.68 bits per heavy atom. The first-order valence-corrected chi connectivity index (χ1v) is 6.38. The highest BCUT2D eigenvalue weighted by Gasteiger charge is 2.16. The molecule has 0 aliphatic rings. The highest BCUT2D eigenvalue weighted by molar-refractivity contribution is 5.49. The van der Waals surface area contributed by atoms with Crippen LogP contribution in [0.2, 0.25) is 0 Å². The van der Waals surface area contributed by atoms with Crippen molar-refractivity contribution >= 4 is 5.82 Å². The van der Waals surface area contributed by atoms with Gasteiger partial charge in [-0.2, -0.15) is 10.2 Å². The van der Waals surface area contributed by atoms with E-state index < -0.39 is 0 Å². The maximum absolute atomic E-state index is 4.51. The molecule has 6 heteroatoms. The van der Waals surface area contributed by atoms with E-state index in [2.05, 4.69) is 27.5 Å². The predicted octanol–water partition coefficient (Wildman–Crippen LogP) is 0.818. The van der Waals surface area contributed by atoms with Crippen LogP contribution in [-0.4, -0.2) is 33.7 Å². The number of aromatic nitrogens is 4. The van der Waals surface area contributed by atoms with Gasteiger partial charge in [0.05, 0.1) is 11.9 Å². The van der Waals surface area contributed by atoms with Gasteiger partial charge in [-0.15, -0.1) is 0 Å². The van der Waals surface area contributed by atoms with E-state index in [0.29, 0.717) is 0 Å². The van der Waals surface area contributed by atoms with Gasteiger partial charge < -0.3 is 10.2 Å². The molecule has 0 bridgehead atoms. The summed E-state index contributed by atoms with van der Waals surface area (Å²) in [6, 6.07) is 0. The number of hydrogen-bond acceptors (Lipinski definition) is 4. The third-order valence-electron chi connectivity index (χ3n) is 3.21. The van der Waals surface area contributed by atoms with Crippen molar-refractivity contribution in [3.8, 4) is 0 Å². The van der Waals surface area contributed by atoms with E-state index >= 15 is 0 Å². The molecule has 19 heavy (non-hydrogen) atoms. The average molecular weight is 262 g/mol. The fourth-order valence-corrected chi connectivity index (χ4v) is 2.45. The van der Waals surface area contributed by atoms with Gasteiger partial charge in [-0.1, -0.05) is 0 Å². The molecule has 0 aliphatic heterocycles. The van der Waals surface area contributed by atoms with Gasteiger partial charge in [0.2, 0.25) is 0 Å². The maximum atomic E-state index is 4.51. The highest BCUT2D eigenvalue weighted by Crippen LogP contribution is 2.23. The topological polar surface area (TPSA) is 50.9 Å². The summed E-state index contributed by atoms with van der Waals surface area (Å²) in [7, 11) is 7.96. The standard InChI is InChI=1S/C13H22N6/c1-10-12(7-14-2)13(19(5)16-10)17(3)8-11-6-15-18(4)9-11/h6,9,14H,7-8H2,1-5H3. The second-order valence-electron chi connectivity index (χ2n) is 4.92. The SMILES string of the molecule is CNCc1c(C)nn(C)c1N(C)Cc1cnn(C)c1. The molecule has 0 saturated carbocycles. The molecule has 2 heterocycles. The molecule has 6 nitrogen and oxygen atoms in total. The van der Waals surface area contributed by atoms with E-state index in [1.54, 1.807) is 0 Å². The normalized spacial score (nSPS) is 11.0. The molecule has 2 aromatic rings. The summed E-state index contributed by atoms with van der Waals surface area (Å²) in [5.41, 5.74) is 3.51. The van der Waals surface area contributed by atoms with Crippen LogP contribution in [0.5, 0.6) is 0 Å². The summed E-state index contributed by atoms with van der Waals surface area (Å²) in [4.78, 5) is 2.21. The third-order valence-corrected chi connectivity index (χ3v) is 3.21. The molecule has 2 aromatic heterocycles. The lowest BCUT2D eigenvalue weighted by Gasteiger charge is -2.20. The van der Waals surface area contributed by atoms with Gasteiger partial charge in [-0.05, 0) is 14.0 Å². The fourth-order valence-electron chi connectivity index (χ4n) is 2.45. The van der Waals surface area contributed by atoms with Crippen LogP contribution < -0.4 is 10.2 Å². The molecule has 104 valence electrons. The van der Waals surface area contributed by atoms with Crippen LogP contribution in [-0.2, 0) is 27.2 Å². The lowest BCUT2D eigenvalue weighted by Crippen LogP contribution is -2.21. The summed E-state index contributed by atoms with van der Waals surface area (Å²) in [6.07, 6.45) is 3.94. The average Bonchev–Trinajstić information content (AvgIpc) is 2.84. The van der Waals surface area contributed by atoms with Crippen LogP contribution in [0.25, 0.3) is 0 Å². The van der Waals surface area contributed by atoms with E-state index in [9.17, 15) is 0 Å². The summed E-state index contributed by atoms with van der Waals surface area (Å²) >= 11 is 0. The molecule has 0 unspecified atom stereocenters. The van der Waals surface area contributed by atoms with E-state index in [1.807, 2.05) is 49.8 Å². The van der Waals surface area contributed by atoms with Crippen LogP contribution in [0.15, 0.2) is 12.4 Å². The molecule has 0 fully saturated rings. The monoisotopic (exact) mass is 262 g/mol. The minimum atomic E-state index is 0.823. The fraction of sp³-hybridized carbons (Fsp3) is 0.538. The number of hydrogen-bond donors (Lipinski definition) is 1. The Balaban J connectivity index is 2.25. The quantitative estimate of drug-likeness (QED) is 0.866. The van der Waals surface area contributed by atoms with Crippen molar-refractivity contribution in [3.05, 3.63) is 29.2 Å². The van der Waals surface area contributed by atoms with Crippen LogP contribution in [0.4, 0.5) is 5.82 Å². The molecule has 0 amide bonds. The van der Waals surface area contributed by atoms with Gasteiger partial charge in [-0.25, -0.2) is 0 Å². The summed E-state index contributed by atoms with van der Waals surface area (Å²) < 4.78 is 3.77. The van der Waals surface area contributed by atoms with Crippen LogP contribution >= 0.6 is 0 Å². The zero-order valence-corrected chi connectivity index (χ0v) is 12.3.